The van der Waals surface area contributed by atoms with Crippen molar-refractivity contribution in [2.45, 2.75) is 57.7 Å². The zero-order chi connectivity index (χ0) is 17.6. The van der Waals surface area contributed by atoms with Crippen molar-refractivity contribution in [1.82, 2.24) is 9.80 Å². The number of amides is 4. The number of barbiturate groups is 1. The van der Waals surface area contributed by atoms with Crippen LogP contribution in [-0.4, -0.2) is 66.2 Å². The average molecular weight is 350 g/mol. The first kappa shape index (κ1) is 17.0. The molecule has 4 amide bonds. The zero-order valence-electron chi connectivity index (χ0n) is 14.7. The second kappa shape index (κ2) is 6.36. The molecule has 4 rings (SSSR count). The lowest BCUT2D eigenvalue weighted by molar-refractivity contribution is -0.165. The van der Waals surface area contributed by atoms with Gasteiger partial charge in [-0.2, -0.15) is 0 Å². The van der Waals surface area contributed by atoms with Gasteiger partial charge in [-0.3, -0.25) is 19.4 Å². The summed E-state index contributed by atoms with van der Waals surface area (Å²) in [5, 5.41) is 0. The lowest BCUT2D eigenvalue weighted by Crippen LogP contribution is -2.68. The van der Waals surface area contributed by atoms with Crippen LogP contribution in [0.1, 0.15) is 45.4 Å². The summed E-state index contributed by atoms with van der Waals surface area (Å²) in [6.07, 6.45) is 5.25. The Hall–Kier alpha value is -1.47. The molecule has 0 radical (unpaired) electrons. The fraction of sp³-hybridized carbons (Fsp3) is 0.833. The van der Waals surface area contributed by atoms with Crippen molar-refractivity contribution in [3.05, 3.63) is 0 Å². The number of rotatable bonds is 6. The Bertz CT molecular complexity index is 542. The largest absolute Gasteiger partial charge is 0.371 e. The van der Waals surface area contributed by atoms with Crippen molar-refractivity contribution in [2.75, 3.05) is 26.3 Å². The summed E-state index contributed by atoms with van der Waals surface area (Å²) in [7, 11) is 0. The normalized spacial score (nSPS) is 36.1. The van der Waals surface area contributed by atoms with Crippen molar-refractivity contribution in [3.8, 4) is 0 Å². The molecule has 7 nitrogen and oxygen atoms in total. The SMILES string of the molecule is CCC1(C2CCCCC2)C(=O)N(CC2CO2)C(=O)N(CC2CO2)C1=O. The van der Waals surface area contributed by atoms with E-state index in [1.807, 2.05) is 6.92 Å². The van der Waals surface area contributed by atoms with Crippen molar-refractivity contribution in [1.29, 1.82) is 0 Å². The van der Waals surface area contributed by atoms with Crippen molar-refractivity contribution in [2.24, 2.45) is 11.3 Å². The molecule has 0 spiro atoms. The number of carbonyl (C=O) groups is 3. The minimum Gasteiger partial charge on any atom is -0.371 e. The van der Waals surface area contributed by atoms with E-state index < -0.39 is 11.4 Å². The van der Waals surface area contributed by atoms with Gasteiger partial charge in [0.1, 0.15) is 5.41 Å². The summed E-state index contributed by atoms with van der Waals surface area (Å²) < 4.78 is 10.5. The van der Waals surface area contributed by atoms with E-state index in [0.717, 1.165) is 32.1 Å². The highest BCUT2D eigenvalue weighted by Gasteiger charge is 2.60. The molecular weight excluding hydrogens is 324 g/mol. The van der Waals surface area contributed by atoms with E-state index in [9.17, 15) is 14.4 Å². The van der Waals surface area contributed by atoms with Gasteiger partial charge in [-0.15, -0.1) is 0 Å². The third kappa shape index (κ3) is 2.87. The number of nitrogens with zero attached hydrogens (tertiary/aromatic N) is 2. The standard InChI is InChI=1S/C18H26N2O5/c1-2-18(12-6-4-3-5-7-12)15(21)19(8-13-10-24-13)17(23)20(16(18)22)9-14-11-25-14/h12-14H,2-11H2,1H3. The van der Waals surface area contributed by atoms with Crippen LogP contribution in [0.3, 0.4) is 0 Å². The van der Waals surface area contributed by atoms with Gasteiger partial charge in [-0.05, 0) is 25.2 Å². The van der Waals surface area contributed by atoms with Gasteiger partial charge in [0.05, 0.1) is 38.5 Å². The summed E-state index contributed by atoms with van der Waals surface area (Å²) in [5.74, 6) is -0.592. The van der Waals surface area contributed by atoms with E-state index in [2.05, 4.69) is 0 Å². The van der Waals surface area contributed by atoms with Crippen LogP contribution in [0.2, 0.25) is 0 Å². The van der Waals surface area contributed by atoms with Crippen LogP contribution >= 0.6 is 0 Å². The lowest BCUT2D eigenvalue weighted by atomic mass is 9.64. The molecule has 3 heterocycles. The average Bonchev–Trinajstić information content (AvgIpc) is 3.53. The van der Waals surface area contributed by atoms with Crippen LogP contribution in [0.15, 0.2) is 0 Å². The Morgan fingerprint density at radius 2 is 1.40 bits per heavy atom. The third-order valence-corrected chi connectivity index (χ3v) is 6.15. The summed E-state index contributed by atoms with van der Waals surface area (Å²) in [4.78, 5) is 42.2. The maximum absolute atomic E-state index is 13.4. The lowest BCUT2D eigenvalue weighted by Gasteiger charge is -2.48. The van der Waals surface area contributed by atoms with Crippen LogP contribution in [0.5, 0.6) is 0 Å². The van der Waals surface area contributed by atoms with E-state index in [-0.39, 0.29) is 43.0 Å². The van der Waals surface area contributed by atoms with E-state index in [0.29, 0.717) is 19.6 Å². The van der Waals surface area contributed by atoms with Crippen LogP contribution in [0.4, 0.5) is 4.79 Å². The molecule has 0 aromatic rings. The first-order valence-corrected chi connectivity index (χ1v) is 9.49. The second-order valence-electron chi connectivity index (χ2n) is 7.68. The highest BCUT2D eigenvalue weighted by molar-refractivity contribution is 6.19. The van der Waals surface area contributed by atoms with E-state index in [1.165, 1.54) is 9.80 Å². The number of ether oxygens (including phenoxy) is 2. The topological polar surface area (TPSA) is 82.8 Å². The molecule has 0 aromatic heterocycles. The number of hydrogen-bond donors (Lipinski definition) is 0. The monoisotopic (exact) mass is 350 g/mol. The molecule has 7 heteroatoms. The molecule has 0 N–H and O–H groups in total. The molecule has 2 atom stereocenters. The van der Waals surface area contributed by atoms with Gasteiger partial charge in [0.25, 0.3) is 0 Å². The molecule has 1 aliphatic carbocycles. The molecule has 4 aliphatic rings. The third-order valence-electron chi connectivity index (χ3n) is 6.15. The summed E-state index contributed by atoms with van der Waals surface area (Å²) in [5.41, 5.74) is -1.10. The highest BCUT2D eigenvalue weighted by Crippen LogP contribution is 2.46. The van der Waals surface area contributed by atoms with Crippen LogP contribution in [0.25, 0.3) is 0 Å². The quantitative estimate of drug-likeness (QED) is 0.536. The van der Waals surface area contributed by atoms with Crippen LogP contribution in [0, 0.1) is 11.3 Å². The first-order valence-electron chi connectivity index (χ1n) is 9.49. The Balaban J connectivity index is 1.69. The predicted octanol–water partition coefficient (Wildman–Crippen LogP) is 1.55. The summed E-state index contributed by atoms with van der Waals surface area (Å²) in [6.45, 7) is 3.54. The van der Waals surface area contributed by atoms with Gasteiger partial charge >= 0.3 is 6.03 Å². The minimum atomic E-state index is -1.10. The van der Waals surface area contributed by atoms with Crippen LogP contribution < -0.4 is 0 Å². The Morgan fingerprint density at radius 3 is 1.80 bits per heavy atom. The number of hydrogen-bond acceptors (Lipinski definition) is 5. The number of epoxide rings is 2. The molecule has 138 valence electrons. The molecule has 3 saturated heterocycles. The summed E-state index contributed by atoms with van der Waals surface area (Å²) >= 11 is 0. The molecule has 4 fully saturated rings. The molecule has 25 heavy (non-hydrogen) atoms. The van der Waals surface area contributed by atoms with Crippen LogP contribution in [-0.2, 0) is 19.1 Å². The Morgan fingerprint density at radius 1 is 0.920 bits per heavy atom. The van der Waals surface area contributed by atoms with E-state index >= 15 is 0 Å². The molecule has 0 bridgehead atoms. The number of urea groups is 1. The second-order valence-corrected chi connectivity index (χ2v) is 7.68. The van der Waals surface area contributed by atoms with Crippen molar-refractivity contribution in [3.63, 3.8) is 0 Å². The highest BCUT2D eigenvalue weighted by atomic mass is 16.6. The molecule has 0 aromatic carbocycles. The van der Waals surface area contributed by atoms with Gasteiger partial charge in [-0.1, -0.05) is 26.2 Å². The molecule has 1 saturated carbocycles. The van der Waals surface area contributed by atoms with Gasteiger partial charge < -0.3 is 9.47 Å². The van der Waals surface area contributed by atoms with Crippen molar-refractivity contribution >= 4 is 17.8 Å². The Kier molecular flexibility index (Phi) is 4.32. The predicted molar refractivity (Wildman–Crippen MR) is 87.6 cm³/mol. The maximum atomic E-state index is 13.4. The van der Waals surface area contributed by atoms with Crippen molar-refractivity contribution < 1.29 is 23.9 Å². The van der Waals surface area contributed by atoms with E-state index in [1.54, 1.807) is 0 Å². The van der Waals surface area contributed by atoms with Gasteiger partial charge in [0.15, 0.2) is 0 Å². The fourth-order valence-electron chi connectivity index (χ4n) is 4.50. The van der Waals surface area contributed by atoms with Gasteiger partial charge in [0, 0.05) is 0 Å². The minimum absolute atomic E-state index is 0.0181. The molecule has 2 unspecified atom stereocenters. The fourth-order valence-corrected chi connectivity index (χ4v) is 4.50. The number of carbonyl (C=O) groups excluding carboxylic acids is 3. The summed E-state index contributed by atoms with van der Waals surface area (Å²) in [6, 6.07) is -0.499. The van der Waals surface area contributed by atoms with Gasteiger partial charge in [-0.25, -0.2) is 4.79 Å². The molecule has 3 aliphatic heterocycles. The molecular formula is C18H26N2O5. The van der Waals surface area contributed by atoms with Gasteiger partial charge in [0.2, 0.25) is 11.8 Å². The first-order chi connectivity index (χ1) is 12.1. The van der Waals surface area contributed by atoms with E-state index in [4.69, 9.17) is 9.47 Å². The maximum Gasteiger partial charge on any atom is 0.333 e. The zero-order valence-corrected chi connectivity index (χ0v) is 14.7. The Labute approximate surface area is 147 Å². The number of imide groups is 2. The smallest absolute Gasteiger partial charge is 0.333 e.